The van der Waals surface area contributed by atoms with Gasteiger partial charge in [0.15, 0.2) is 5.69 Å². The Hall–Kier alpha value is -4.06. The van der Waals surface area contributed by atoms with Crippen LogP contribution in [0.2, 0.25) is 0 Å². The van der Waals surface area contributed by atoms with Gasteiger partial charge >= 0.3 is 0 Å². The molecule has 1 amide bonds. The van der Waals surface area contributed by atoms with Crippen LogP contribution in [0.15, 0.2) is 94.8 Å². The summed E-state index contributed by atoms with van der Waals surface area (Å²) in [4.78, 5) is 25.8. The Morgan fingerprint density at radius 2 is 1.45 bits per heavy atom. The van der Waals surface area contributed by atoms with E-state index >= 15 is 0 Å². The van der Waals surface area contributed by atoms with E-state index in [1.807, 2.05) is 55.5 Å². The van der Waals surface area contributed by atoms with Crippen LogP contribution in [0.3, 0.4) is 0 Å². The lowest BCUT2D eigenvalue weighted by Gasteiger charge is -2.10. The molecule has 0 fully saturated rings. The van der Waals surface area contributed by atoms with Crippen molar-refractivity contribution in [2.24, 2.45) is 5.10 Å². The molecule has 6 nitrogen and oxygen atoms in total. The number of nitrogens with zero attached hydrogens (tertiary/aromatic N) is 3. The number of benzene rings is 3. The molecule has 1 N–H and O–H groups in total. The zero-order valence-corrected chi connectivity index (χ0v) is 15.7. The van der Waals surface area contributed by atoms with Crippen LogP contribution in [0, 0.1) is 0 Å². The first kappa shape index (κ1) is 18.3. The SMILES string of the molecule is C/C(=N/NC(=O)c1nn(-c2ccccc2)c(=O)c2ccccc12)c1ccccc1. The number of carbonyl (C=O) groups excluding carboxylic acids is 1. The van der Waals surface area contributed by atoms with E-state index in [2.05, 4.69) is 15.6 Å². The molecule has 6 heteroatoms. The first-order valence-corrected chi connectivity index (χ1v) is 9.12. The second-order valence-corrected chi connectivity index (χ2v) is 6.45. The molecular formula is C23H18N4O2. The molecule has 0 saturated carbocycles. The fourth-order valence-corrected chi connectivity index (χ4v) is 3.03. The molecule has 29 heavy (non-hydrogen) atoms. The average molecular weight is 382 g/mol. The maximum absolute atomic E-state index is 12.9. The molecule has 1 aromatic heterocycles. The summed E-state index contributed by atoms with van der Waals surface area (Å²) in [6.07, 6.45) is 0. The van der Waals surface area contributed by atoms with Gasteiger partial charge in [-0.3, -0.25) is 9.59 Å². The standard InChI is InChI=1S/C23H18N4O2/c1-16(17-10-4-2-5-11-17)24-25-22(28)21-19-14-8-9-15-20(19)23(29)27(26-21)18-12-6-3-7-13-18/h2-15H,1H3,(H,25,28)/b24-16-. The van der Waals surface area contributed by atoms with Crippen molar-refractivity contribution in [3.05, 3.63) is 107 Å². The lowest BCUT2D eigenvalue weighted by molar-refractivity contribution is 0.0950. The van der Waals surface area contributed by atoms with Gasteiger partial charge in [0.2, 0.25) is 0 Å². The van der Waals surface area contributed by atoms with Crippen LogP contribution in [0.5, 0.6) is 0 Å². The number of nitrogens with one attached hydrogen (secondary N) is 1. The Morgan fingerprint density at radius 3 is 2.14 bits per heavy atom. The molecule has 1 heterocycles. The quantitative estimate of drug-likeness (QED) is 0.433. The molecule has 0 radical (unpaired) electrons. The highest BCUT2D eigenvalue weighted by atomic mass is 16.2. The minimum absolute atomic E-state index is 0.133. The molecule has 0 bridgehead atoms. The van der Waals surface area contributed by atoms with Crippen LogP contribution in [0.4, 0.5) is 0 Å². The van der Waals surface area contributed by atoms with Crippen LogP contribution in [0.25, 0.3) is 16.5 Å². The summed E-state index contributed by atoms with van der Waals surface area (Å²) in [5.74, 6) is -0.485. The molecule has 0 aliphatic rings. The van der Waals surface area contributed by atoms with E-state index < -0.39 is 5.91 Å². The van der Waals surface area contributed by atoms with E-state index in [1.54, 1.807) is 36.4 Å². The summed E-state index contributed by atoms with van der Waals surface area (Å²) >= 11 is 0. The Balaban J connectivity index is 1.78. The van der Waals surface area contributed by atoms with Crippen molar-refractivity contribution in [1.82, 2.24) is 15.2 Å². The molecular weight excluding hydrogens is 364 g/mol. The van der Waals surface area contributed by atoms with Gasteiger partial charge in [0.1, 0.15) is 0 Å². The highest BCUT2D eigenvalue weighted by Crippen LogP contribution is 2.15. The van der Waals surface area contributed by atoms with Gasteiger partial charge < -0.3 is 0 Å². The lowest BCUT2D eigenvalue weighted by atomic mass is 10.1. The molecule has 0 aliphatic heterocycles. The Kier molecular flexibility index (Phi) is 4.99. The Bertz CT molecular complexity index is 1260. The molecule has 0 aliphatic carbocycles. The van der Waals surface area contributed by atoms with Crippen LogP contribution >= 0.6 is 0 Å². The molecule has 4 aromatic rings. The maximum Gasteiger partial charge on any atom is 0.292 e. The van der Waals surface area contributed by atoms with Crippen molar-refractivity contribution in [2.75, 3.05) is 0 Å². The number of amides is 1. The van der Waals surface area contributed by atoms with Crippen LogP contribution in [-0.4, -0.2) is 21.4 Å². The van der Waals surface area contributed by atoms with E-state index in [4.69, 9.17) is 0 Å². The van der Waals surface area contributed by atoms with Gasteiger partial charge in [-0.25, -0.2) is 5.43 Å². The minimum atomic E-state index is -0.485. The largest absolute Gasteiger partial charge is 0.292 e. The fraction of sp³-hybridized carbons (Fsp3) is 0.0435. The molecule has 0 saturated heterocycles. The summed E-state index contributed by atoms with van der Waals surface area (Å²) in [5, 5.41) is 9.43. The summed E-state index contributed by atoms with van der Waals surface area (Å²) in [5.41, 5.74) is 4.56. The van der Waals surface area contributed by atoms with Crippen molar-refractivity contribution >= 4 is 22.4 Å². The first-order valence-electron chi connectivity index (χ1n) is 9.12. The molecule has 3 aromatic carbocycles. The van der Waals surface area contributed by atoms with E-state index in [-0.39, 0.29) is 11.3 Å². The van der Waals surface area contributed by atoms with Gasteiger partial charge in [0.25, 0.3) is 11.5 Å². The lowest BCUT2D eigenvalue weighted by Crippen LogP contribution is -2.28. The number of carbonyl (C=O) groups is 1. The number of aromatic nitrogens is 2. The Morgan fingerprint density at radius 1 is 0.862 bits per heavy atom. The van der Waals surface area contributed by atoms with Crippen molar-refractivity contribution in [3.8, 4) is 5.69 Å². The van der Waals surface area contributed by atoms with E-state index in [9.17, 15) is 9.59 Å². The monoisotopic (exact) mass is 382 g/mol. The molecule has 0 unspecified atom stereocenters. The number of hydrogen-bond donors (Lipinski definition) is 1. The predicted octanol–water partition coefficient (Wildman–Crippen LogP) is 3.54. The average Bonchev–Trinajstić information content (AvgIpc) is 2.79. The van der Waals surface area contributed by atoms with E-state index in [0.717, 1.165) is 5.56 Å². The van der Waals surface area contributed by atoms with Gasteiger partial charge in [-0.2, -0.15) is 14.9 Å². The smallest absolute Gasteiger partial charge is 0.267 e. The molecule has 0 atom stereocenters. The third-order valence-electron chi connectivity index (χ3n) is 4.54. The van der Waals surface area contributed by atoms with Crippen LogP contribution in [0.1, 0.15) is 23.0 Å². The fourth-order valence-electron chi connectivity index (χ4n) is 3.03. The highest BCUT2D eigenvalue weighted by Gasteiger charge is 2.17. The van der Waals surface area contributed by atoms with Gasteiger partial charge in [-0.05, 0) is 30.7 Å². The molecule has 4 rings (SSSR count). The number of fused-ring (bicyclic) bond motifs is 1. The number of hydrogen-bond acceptors (Lipinski definition) is 4. The molecule has 0 spiro atoms. The van der Waals surface area contributed by atoms with E-state index in [1.165, 1.54) is 4.68 Å². The molecule has 142 valence electrons. The van der Waals surface area contributed by atoms with Gasteiger partial charge in [0.05, 0.1) is 16.8 Å². The zero-order chi connectivity index (χ0) is 20.2. The van der Waals surface area contributed by atoms with Gasteiger partial charge in [0, 0.05) is 5.39 Å². The van der Waals surface area contributed by atoms with Gasteiger partial charge in [-0.1, -0.05) is 66.7 Å². The number of para-hydroxylation sites is 1. The predicted molar refractivity (Wildman–Crippen MR) is 113 cm³/mol. The second-order valence-electron chi connectivity index (χ2n) is 6.45. The van der Waals surface area contributed by atoms with Gasteiger partial charge in [-0.15, -0.1) is 0 Å². The summed E-state index contributed by atoms with van der Waals surface area (Å²) < 4.78 is 1.24. The summed E-state index contributed by atoms with van der Waals surface area (Å²) in [6.45, 7) is 1.81. The summed E-state index contributed by atoms with van der Waals surface area (Å²) in [7, 11) is 0. The summed E-state index contributed by atoms with van der Waals surface area (Å²) in [6, 6.07) is 25.5. The second kappa shape index (κ2) is 7.90. The van der Waals surface area contributed by atoms with E-state index in [0.29, 0.717) is 22.2 Å². The third-order valence-corrected chi connectivity index (χ3v) is 4.54. The first-order chi connectivity index (χ1) is 14.1. The maximum atomic E-state index is 12.9. The van der Waals surface area contributed by atoms with Crippen molar-refractivity contribution in [3.63, 3.8) is 0 Å². The zero-order valence-electron chi connectivity index (χ0n) is 15.7. The third kappa shape index (κ3) is 3.68. The highest BCUT2D eigenvalue weighted by molar-refractivity contribution is 6.06. The topological polar surface area (TPSA) is 76.3 Å². The van der Waals surface area contributed by atoms with Crippen LogP contribution in [-0.2, 0) is 0 Å². The van der Waals surface area contributed by atoms with Crippen LogP contribution < -0.4 is 11.0 Å². The Labute approximate surface area is 167 Å². The normalized spacial score (nSPS) is 11.4. The van der Waals surface area contributed by atoms with Crippen molar-refractivity contribution in [1.29, 1.82) is 0 Å². The van der Waals surface area contributed by atoms with Crippen molar-refractivity contribution in [2.45, 2.75) is 6.92 Å². The number of hydrazone groups is 1. The van der Waals surface area contributed by atoms with Crippen molar-refractivity contribution < 1.29 is 4.79 Å². The number of rotatable bonds is 4. The minimum Gasteiger partial charge on any atom is -0.267 e.